The maximum atomic E-state index is 12.1. The molecule has 9 heteroatoms. The molecule has 0 spiro atoms. The van der Waals surface area contributed by atoms with E-state index in [1.165, 1.54) is 16.9 Å². The van der Waals surface area contributed by atoms with Crippen LogP contribution in [0.1, 0.15) is 25.5 Å². The first-order valence-electron chi connectivity index (χ1n) is 9.78. The van der Waals surface area contributed by atoms with Crippen molar-refractivity contribution in [3.63, 3.8) is 0 Å². The number of likely N-dealkylation sites (N-methyl/N-ethyl adjacent to an activating group) is 1. The average Bonchev–Trinajstić information content (AvgIpc) is 3.29. The minimum Gasteiger partial charge on any atom is -0.355 e. The topological polar surface area (TPSA) is 85.8 Å². The summed E-state index contributed by atoms with van der Waals surface area (Å²) >= 11 is 1.20. The second kappa shape index (κ2) is 11.9. The Morgan fingerprint density at radius 3 is 2.38 bits per heavy atom. The zero-order valence-corrected chi connectivity index (χ0v) is 18.9. The molecule has 1 aromatic carbocycles. The van der Waals surface area contributed by atoms with E-state index in [0.29, 0.717) is 23.3 Å². The Morgan fingerprint density at radius 2 is 1.79 bits per heavy atom. The fourth-order valence-corrected chi connectivity index (χ4v) is 5.13. The van der Waals surface area contributed by atoms with Gasteiger partial charge in [0.25, 0.3) is 0 Å². The highest BCUT2D eigenvalue weighted by Gasteiger charge is 2.18. The second-order valence-corrected chi connectivity index (χ2v) is 9.30. The van der Waals surface area contributed by atoms with Crippen molar-refractivity contribution < 1.29 is 8.42 Å². The molecule has 1 atom stereocenters. The number of aliphatic imine (C=N–C) groups is 1. The van der Waals surface area contributed by atoms with E-state index in [-0.39, 0.29) is 12.6 Å². The fraction of sp³-hybridized carbons (Fsp3) is 0.450. The van der Waals surface area contributed by atoms with Crippen molar-refractivity contribution in [2.45, 2.75) is 24.1 Å². The van der Waals surface area contributed by atoms with Crippen molar-refractivity contribution >= 4 is 27.3 Å². The van der Waals surface area contributed by atoms with Crippen LogP contribution in [0.15, 0.2) is 57.0 Å². The van der Waals surface area contributed by atoms with Gasteiger partial charge in [-0.2, -0.15) is 0 Å². The number of nitrogens with one attached hydrogen (secondary N) is 3. The van der Waals surface area contributed by atoms with Gasteiger partial charge in [-0.15, -0.1) is 11.3 Å². The van der Waals surface area contributed by atoms with Gasteiger partial charge in [-0.1, -0.05) is 50.2 Å². The molecule has 2 rings (SSSR count). The number of thiophene rings is 1. The molecule has 160 valence electrons. The molecule has 1 aromatic heterocycles. The van der Waals surface area contributed by atoms with Gasteiger partial charge in [-0.05, 0) is 30.1 Å². The van der Waals surface area contributed by atoms with E-state index in [2.05, 4.69) is 63.4 Å². The molecular weight excluding hydrogens is 406 g/mol. The van der Waals surface area contributed by atoms with E-state index in [4.69, 9.17) is 0 Å². The third kappa shape index (κ3) is 7.11. The van der Waals surface area contributed by atoms with Crippen molar-refractivity contribution in [3.8, 4) is 0 Å². The quantitative estimate of drug-likeness (QED) is 0.285. The molecule has 29 heavy (non-hydrogen) atoms. The lowest BCUT2D eigenvalue weighted by atomic mass is 10.1. The van der Waals surface area contributed by atoms with Crippen molar-refractivity contribution in [1.82, 2.24) is 20.3 Å². The highest BCUT2D eigenvalue weighted by Crippen LogP contribution is 2.19. The summed E-state index contributed by atoms with van der Waals surface area (Å²) in [6.45, 7) is 7.64. The lowest BCUT2D eigenvalue weighted by molar-refractivity contribution is 0.219. The maximum Gasteiger partial charge on any atom is 0.250 e. The molecule has 0 aliphatic heterocycles. The van der Waals surface area contributed by atoms with Gasteiger partial charge in [-0.25, -0.2) is 13.1 Å². The van der Waals surface area contributed by atoms with Crippen molar-refractivity contribution in [3.05, 3.63) is 53.4 Å². The van der Waals surface area contributed by atoms with Gasteiger partial charge in [0.05, 0.1) is 6.04 Å². The first-order valence-corrected chi connectivity index (χ1v) is 12.1. The van der Waals surface area contributed by atoms with Crippen LogP contribution in [0.4, 0.5) is 0 Å². The van der Waals surface area contributed by atoms with Crippen LogP contribution in [0.5, 0.6) is 0 Å². The lowest BCUT2D eigenvalue weighted by Crippen LogP contribution is -2.45. The predicted octanol–water partition coefficient (Wildman–Crippen LogP) is 2.27. The smallest absolute Gasteiger partial charge is 0.250 e. The Morgan fingerprint density at radius 1 is 1.07 bits per heavy atom. The van der Waals surface area contributed by atoms with Crippen molar-refractivity contribution in [2.75, 3.05) is 39.8 Å². The number of benzene rings is 1. The SMILES string of the molecule is CCN(CC)C(CNC(=NC)NCCNS(=O)(=O)c1cccs1)c1ccccc1. The van der Waals surface area contributed by atoms with E-state index in [0.717, 1.165) is 13.1 Å². The Labute approximate surface area is 178 Å². The van der Waals surface area contributed by atoms with Gasteiger partial charge in [0, 0.05) is 26.7 Å². The van der Waals surface area contributed by atoms with E-state index in [1.54, 1.807) is 24.6 Å². The van der Waals surface area contributed by atoms with Crippen LogP contribution in [0.25, 0.3) is 0 Å². The highest BCUT2D eigenvalue weighted by molar-refractivity contribution is 7.91. The third-order valence-electron chi connectivity index (χ3n) is 4.59. The molecule has 7 nitrogen and oxygen atoms in total. The van der Waals surface area contributed by atoms with E-state index < -0.39 is 10.0 Å². The molecule has 1 unspecified atom stereocenters. The molecule has 0 amide bonds. The average molecular weight is 438 g/mol. The summed E-state index contributed by atoms with van der Waals surface area (Å²) in [7, 11) is -1.73. The summed E-state index contributed by atoms with van der Waals surface area (Å²) in [6.07, 6.45) is 0. The Hall–Kier alpha value is -1.94. The third-order valence-corrected chi connectivity index (χ3v) is 7.45. The molecule has 0 radical (unpaired) electrons. The summed E-state index contributed by atoms with van der Waals surface area (Å²) in [6, 6.07) is 14.0. The number of nitrogens with zero attached hydrogens (tertiary/aromatic N) is 2. The molecule has 3 N–H and O–H groups in total. The van der Waals surface area contributed by atoms with E-state index in [1.807, 2.05) is 6.07 Å². The second-order valence-electron chi connectivity index (χ2n) is 6.36. The number of rotatable bonds is 11. The monoisotopic (exact) mass is 437 g/mol. The van der Waals surface area contributed by atoms with Gasteiger partial charge in [-0.3, -0.25) is 9.89 Å². The lowest BCUT2D eigenvalue weighted by Gasteiger charge is -2.30. The van der Waals surface area contributed by atoms with Crippen molar-refractivity contribution in [1.29, 1.82) is 0 Å². The molecule has 0 aliphatic rings. The molecule has 0 saturated carbocycles. The van der Waals surface area contributed by atoms with E-state index in [9.17, 15) is 8.42 Å². The number of hydrogen-bond donors (Lipinski definition) is 3. The summed E-state index contributed by atoms with van der Waals surface area (Å²) < 4.78 is 27.2. The first-order chi connectivity index (χ1) is 14.0. The first kappa shape index (κ1) is 23.3. The summed E-state index contributed by atoms with van der Waals surface area (Å²) in [4.78, 5) is 6.64. The van der Waals surface area contributed by atoms with Gasteiger partial charge in [0.1, 0.15) is 4.21 Å². The summed E-state index contributed by atoms with van der Waals surface area (Å²) in [5.74, 6) is 0.647. The molecule has 1 heterocycles. The normalized spacial score (nSPS) is 13.4. The van der Waals surface area contributed by atoms with Gasteiger partial charge in [0.2, 0.25) is 10.0 Å². The Bertz CT molecular complexity index is 835. The van der Waals surface area contributed by atoms with Crippen LogP contribution < -0.4 is 15.4 Å². The Kier molecular flexibility index (Phi) is 9.59. The molecular formula is C20H31N5O2S2. The zero-order valence-electron chi connectivity index (χ0n) is 17.3. The fourth-order valence-electron chi connectivity index (χ4n) is 3.07. The minimum atomic E-state index is -3.44. The molecule has 2 aromatic rings. The van der Waals surface area contributed by atoms with E-state index >= 15 is 0 Å². The Balaban J connectivity index is 1.86. The molecule has 0 fully saturated rings. The predicted molar refractivity (Wildman–Crippen MR) is 121 cm³/mol. The molecule has 0 saturated heterocycles. The van der Waals surface area contributed by atoms with Crippen LogP contribution in [-0.2, 0) is 10.0 Å². The number of hydrogen-bond acceptors (Lipinski definition) is 5. The van der Waals surface area contributed by atoms with Gasteiger partial charge >= 0.3 is 0 Å². The largest absolute Gasteiger partial charge is 0.355 e. The van der Waals surface area contributed by atoms with Gasteiger partial charge in [0.15, 0.2) is 5.96 Å². The van der Waals surface area contributed by atoms with Crippen LogP contribution in [0.2, 0.25) is 0 Å². The summed E-state index contributed by atoms with van der Waals surface area (Å²) in [5.41, 5.74) is 1.25. The zero-order chi connectivity index (χ0) is 21.1. The minimum absolute atomic E-state index is 0.224. The maximum absolute atomic E-state index is 12.1. The van der Waals surface area contributed by atoms with Crippen molar-refractivity contribution in [2.24, 2.45) is 4.99 Å². The number of guanidine groups is 1. The standard InChI is InChI=1S/C20H31N5O2S2/c1-4-25(5-2)18(17-10-7-6-8-11-17)16-23-20(21-3)22-13-14-24-29(26,27)19-12-9-15-28-19/h6-12,15,18,24H,4-5,13-14,16H2,1-3H3,(H2,21,22,23). The molecule has 0 aliphatic carbocycles. The number of sulfonamides is 1. The van der Waals surface area contributed by atoms with Crippen LogP contribution in [0, 0.1) is 0 Å². The van der Waals surface area contributed by atoms with Crippen LogP contribution in [-0.4, -0.2) is 59.0 Å². The molecule has 0 bridgehead atoms. The highest BCUT2D eigenvalue weighted by atomic mass is 32.2. The van der Waals surface area contributed by atoms with Gasteiger partial charge < -0.3 is 10.6 Å². The summed E-state index contributed by atoms with van der Waals surface area (Å²) in [5, 5.41) is 8.28. The van der Waals surface area contributed by atoms with Crippen LogP contribution >= 0.6 is 11.3 Å². The van der Waals surface area contributed by atoms with Crippen LogP contribution in [0.3, 0.4) is 0 Å².